The highest BCUT2D eigenvalue weighted by Gasteiger charge is 2.16. The third kappa shape index (κ3) is 3.90. The lowest BCUT2D eigenvalue weighted by Crippen LogP contribution is -2.23. The number of rotatable bonds is 5. The zero-order chi connectivity index (χ0) is 12.2. The van der Waals surface area contributed by atoms with Crippen LogP contribution in [0.25, 0.3) is 0 Å². The fourth-order valence-corrected chi connectivity index (χ4v) is 3.00. The van der Waals surface area contributed by atoms with Crippen LogP contribution in [0.15, 0.2) is 24.3 Å². The molecule has 0 fully saturated rings. The first-order chi connectivity index (χ1) is 7.44. The Bertz CT molecular complexity index is 428. The Balaban J connectivity index is 2.72. The van der Waals surface area contributed by atoms with Crippen LogP contribution in [0.3, 0.4) is 0 Å². The van der Waals surface area contributed by atoms with Crippen molar-refractivity contribution in [2.24, 2.45) is 5.73 Å². The van der Waals surface area contributed by atoms with Crippen molar-refractivity contribution in [1.82, 2.24) is 0 Å². The van der Waals surface area contributed by atoms with E-state index in [2.05, 4.69) is 0 Å². The molecule has 3 nitrogen and oxygen atoms in total. The van der Waals surface area contributed by atoms with Gasteiger partial charge < -0.3 is 5.73 Å². The molecule has 0 aliphatic heterocycles. The van der Waals surface area contributed by atoms with E-state index < -0.39 is 15.9 Å². The minimum Gasteiger partial charge on any atom is -0.323 e. The predicted octanol–water partition coefficient (Wildman–Crippen LogP) is 1.65. The summed E-state index contributed by atoms with van der Waals surface area (Å²) in [4.78, 5) is 0. The van der Waals surface area contributed by atoms with Crippen molar-refractivity contribution in [2.75, 3.05) is 11.5 Å². The first-order valence-electron chi connectivity index (χ1n) is 5.16. The Hall–Kier alpha value is -0.940. The highest BCUT2D eigenvalue weighted by atomic mass is 32.2. The lowest BCUT2D eigenvalue weighted by molar-refractivity contribution is 0.587. The minimum atomic E-state index is -3.11. The largest absolute Gasteiger partial charge is 0.323 e. The third-order valence-corrected chi connectivity index (χ3v) is 4.14. The molecule has 1 unspecified atom stereocenters. The maximum Gasteiger partial charge on any atom is 0.152 e. The molecular weight excluding hydrogens is 229 g/mol. The second-order valence-electron chi connectivity index (χ2n) is 3.77. The predicted molar refractivity (Wildman–Crippen MR) is 62.3 cm³/mol. The van der Waals surface area contributed by atoms with Crippen LogP contribution in [0, 0.1) is 5.82 Å². The molecule has 5 heteroatoms. The van der Waals surface area contributed by atoms with Gasteiger partial charge in [0.15, 0.2) is 9.84 Å². The molecule has 0 radical (unpaired) electrons. The van der Waals surface area contributed by atoms with Crippen molar-refractivity contribution in [2.45, 2.75) is 19.4 Å². The molecule has 0 bridgehead atoms. The average Bonchev–Trinajstić information content (AvgIpc) is 2.17. The first kappa shape index (κ1) is 13.1. The first-order valence-corrected chi connectivity index (χ1v) is 6.98. The maximum atomic E-state index is 12.6. The molecule has 0 spiro atoms. The summed E-state index contributed by atoms with van der Waals surface area (Å²) >= 11 is 0. The van der Waals surface area contributed by atoms with Gasteiger partial charge in [-0.05, 0) is 24.1 Å². The molecule has 0 aromatic heterocycles. The minimum absolute atomic E-state index is 0.0908. The van der Waals surface area contributed by atoms with Crippen LogP contribution in [-0.4, -0.2) is 19.9 Å². The molecule has 2 N–H and O–H groups in total. The van der Waals surface area contributed by atoms with Crippen LogP contribution in [0.2, 0.25) is 0 Å². The Labute approximate surface area is 95.4 Å². The highest BCUT2D eigenvalue weighted by molar-refractivity contribution is 7.91. The van der Waals surface area contributed by atoms with Crippen LogP contribution in [-0.2, 0) is 9.84 Å². The summed E-state index contributed by atoms with van der Waals surface area (Å²) < 4.78 is 35.7. The zero-order valence-electron chi connectivity index (χ0n) is 9.19. The van der Waals surface area contributed by atoms with E-state index in [9.17, 15) is 12.8 Å². The van der Waals surface area contributed by atoms with Crippen LogP contribution >= 0.6 is 0 Å². The Morgan fingerprint density at radius 2 is 1.88 bits per heavy atom. The monoisotopic (exact) mass is 245 g/mol. The van der Waals surface area contributed by atoms with E-state index in [-0.39, 0.29) is 17.3 Å². The molecule has 90 valence electrons. The molecular formula is C11H16FNO2S. The molecule has 0 aliphatic rings. The molecule has 0 heterocycles. The van der Waals surface area contributed by atoms with E-state index in [4.69, 9.17) is 5.73 Å². The van der Waals surface area contributed by atoms with Crippen molar-refractivity contribution >= 4 is 9.84 Å². The summed E-state index contributed by atoms with van der Waals surface area (Å²) in [7, 11) is -3.11. The molecule has 1 aromatic rings. The third-order valence-electron chi connectivity index (χ3n) is 2.25. The normalized spacial score (nSPS) is 13.7. The fraction of sp³-hybridized carbons (Fsp3) is 0.455. The van der Waals surface area contributed by atoms with E-state index in [0.717, 1.165) is 0 Å². The van der Waals surface area contributed by atoms with Gasteiger partial charge in [-0.2, -0.15) is 0 Å². The van der Waals surface area contributed by atoms with Crippen molar-refractivity contribution in [3.63, 3.8) is 0 Å². The number of sulfone groups is 1. The topological polar surface area (TPSA) is 60.2 Å². The summed E-state index contributed by atoms with van der Waals surface area (Å²) in [5.74, 6) is -0.304. The van der Waals surface area contributed by atoms with Gasteiger partial charge in [-0.15, -0.1) is 0 Å². The van der Waals surface area contributed by atoms with Crippen molar-refractivity contribution in [1.29, 1.82) is 0 Å². The SMILES string of the molecule is CCCS(=O)(=O)CC(N)c1ccc(F)cc1. The van der Waals surface area contributed by atoms with Crippen molar-refractivity contribution in [3.05, 3.63) is 35.6 Å². The van der Waals surface area contributed by atoms with E-state index in [1.165, 1.54) is 24.3 Å². The molecule has 1 rings (SSSR count). The van der Waals surface area contributed by atoms with Gasteiger partial charge >= 0.3 is 0 Å². The summed E-state index contributed by atoms with van der Waals surface area (Å²) in [6.45, 7) is 1.81. The van der Waals surface area contributed by atoms with Gasteiger partial charge in [0, 0.05) is 11.8 Å². The van der Waals surface area contributed by atoms with Crippen LogP contribution in [0.5, 0.6) is 0 Å². The highest BCUT2D eigenvalue weighted by Crippen LogP contribution is 2.13. The van der Waals surface area contributed by atoms with E-state index in [1.54, 1.807) is 6.92 Å². The van der Waals surface area contributed by atoms with E-state index in [1.807, 2.05) is 0 Å². The Kier molecular flexibility index (Phi) is 4.44. The molecule has 1 atom stereocenters. The van der Waals surface area contributed by atoms with Gasteiger partial charge in [-0.25, -0.2) is 12.8 Å². The van der Waals surface area contributed by atoms with Crippen molar-refractivity contribution in [3.8, 4) is 0 Å². The second kappa shape index (κ2) is 5.41. The smallest absolute Gasteiger partial charge is 0.152 e. The quantitative estimate of drug-likeness (QED) is 0.858. The fourth-order valence-electron chi connectivity index (χ4n) is 1.47. The molecule has 0 amide bonds. The number of benzene rings is 1. The number of halogens is 1. The van der Waals surface area contributed by atoms with Gasteiger partial charge in [0.25, 0.3) is 0 Å². The Morgan fingerprint density at radius 1 is 1.31 bits per heavy atom. The van der Waals surface area contributed by atoms with Gasteiger partial charge in [0.2, 0.25) is 0 Å². The zero-order valence-corrected chi connectivity index (χ0v) is 10.0. The maximum absolute atomic E-state index is 12.6. The summed E-state index contributed by atoms with van der Waals surface area (Å²) in [5, 5.41) is 0. The number of nitrogens with two attached hydrogens (primary N) is 1. The molecule has 0 saturated heterocycles. The molecule has 0 saturated carbocycles. The summed E-state index contributed by atoms with van der Waals surface area (Å²) in [6.07, 6.45) is 0.582. The van der Waals surface area contributed by atoms with Gasteiger partial charge in [0.05, 0.1) is 5.75 Å². The van der Waals surface area contributed by atoms with Crippen molar-refractivity contribution < 1.29 is 12.8 Å². The number of hydrogen-bond acceptors (Lipinski definition) is 3. The van der Waals surface area contributed by atoms with E-state index in [0.29, 0.717) is 12.0 Å². The van der Waals surface area contributed by atoms with Gasteiger partial charge in [0.1, 0.15) is 5.82 Å². The van der Waals surface area contributed by atoms with Gasteiger partial charge in [-0.1, -0.05) is 19.1 Å². The van der Waals surface area contributed by atoms with Crippen LogP contribution < -0.4 is 5.73 Å². The van der Waals surface area contributed by atoms with Crippen LogP contribution in [0.4, 0.5) is 4.39 Å². The van der Waals surface area contributed by atoms with E-state index >= 15 is 0 Å². The average molecular weight is 245 g/mol. The standard InChI is InChI=1S/C11H16FNO2S/c1-2-7-16(14,15)8-11(13)9-3-5-10(12)6-4-9/h3-6,11H,2,7-8,13H2,1H3. The lowest BCUT2D eigenvalue weighted by atomic mass is 10.1. The molecule has 1 aromatic carbocycles. The Morgan fingerprint density at radius 3 is 2.38 bits per heavy atom. The number of hydrogen-bond donors (Lipinski definition) is 1. The second-order valence-corrected chi connectivity index (χ2v) is 6.00. The molecule has 0 aliphatic carbocycles. The van der Waals surface area contributed by atoms with Crippen LogP contribution in [0.1, 0.15) is 24.9 Å². The van der Waals surface area contributed by atoms with Gasteiger partial charge in [-0.3, -0.25) is 0 Å². The lowest BCUT2D eigenvalue weighted by Gasteiger charge is -2.12. The summed E-state index contributed by atoms with van der Waals surface area (Å²) in [5.41, 5.74) is 6.40. The molecule has 16 heavy (non-hydrogen) atoms. The summed E-state index contributed by atoms with van der Waals surface area (Å²) in [6, 6.07) is 5.00.